The van der Waals surface area contributed by atoms with Gasteiger partial charge in [0.05, 0.1) is 5.56 Å². The second-order valence-corrected chi connectivity index (χ2v) is 6.09. The summed E-state index contributed by atoms with van der Waals surface area (Å²) in [4.78, 5) is 18.8. The number of ketones is 1. The van der Waals surface area contributed by atoms with Crippen molar-refractivity contribution in [2.24, 2.45) is 4.99 Å². The average molecular weight is 342 g/mol. The number of carbonyl (C=O) groups excluding carboxylic acids is 1. The van der Waals surface area contributed by atoms with E-state index in [4.69, 9.17) is 0 Å². The van der Waals surface area contributed by atoms with Gasteiger partial charge in [-0.15, -0.1) is 0 Å². The molecule has 5 nitrogen and oxygen atoms in total. The molecule has 0 saturated carbocycles. The Morgan fingerprint density at radius 2 is 2.08 bits per heavy atom. The van der Waals surface area contributed by atoms with E-state index in [0.717, 1.165) is 19.5 Å². The molecular weight excluding hydrogens is 316 g/mol. The molecule has 0 amide bonds. The summed E-state index contributed by atoms with van der Waals surface area (Å²) in [6, 6.07) is 2.81. The van der Waals surface area contributed by atoms with Crippen LogP contribution in [0.1, 0.15) is 49.9 Å². The van der Waals surface area contributed by atoms with Gasteiger partial charge >= 0.3 is 0 Å². The predicted molar refractivity (Wildman–Crippen MR) is 101 cm³/mol. The molecule has 0 radical (unpaired) electrons. The second-order valence-electron chi connectivity index (χ2n) is 6.09. The minimum Gasteiger partial charge on any atom is -0.506 e. The van der Waals surface area contributed by atoms with Gasteiger partial charge in [0.15, 0.2) is 11.5 Å². The van der Waals surface area contributed by atoms with E-state index in [9.17, 15) is 15.0 Å². The average Bonchev–Trinajstić information content (AvgIpc) is 2.62. The van der Waals surface area contributed by atoms with Crippen molar-refractivity contribution in [1.82, 2.24) is 4.90 Å². The molecule has 0 bridgehead atoms. The topological polar surface area (TPSA) is 73.1 Å². The van der Waals surface area contributed by atoms with Crippen LogP contribution in [0, 0.1) is 0 Å². The molecule has 1 heterocycles. The van der Waals surface area contributed by atoms with Gasteiger partial charge in [0.1, 0.15) is 11.4 Å². The highest BCUT2D eigenvalue weighted by atomic mass is 16.3. The molecule has 0 saturated heterocycles. The van der Waals surface area contributed by atoms with Crippen molar-refractivity contribution in [1.29, 1.82) is 0 Å². The fourth-order valence-corrected chi connectivity index (χ4v) is 2.80. The number of phenols is 2. The maximum Gasteiger partial charge on any atom is 0.198 e. The van der Waals surface area contributed by atoms with E-state index in [-0.39, 0.29) is 28.5 Å². The lowest BCUT2D eigenvalue weighted by Gasteiger charge is -2.23. The number of unbranched alkanes of at least 4 members (excludes halogenated alkanes) is 3. The van der Waals surface area contributed by atoms with Crippen molar-refractivity contribution >= 4 is 17.7 Å². The third kappa shape index (κ3) is 4.72. The summed E-state index contributed by atoms with van der Waals surface area (Å²) in [5, 5.41) is 20.1. The normalized spacial score (nSPS) is 14.2. The molecular formula is C20H26N2O3. The third-order valence-electron chi connectivity index (χ3n) is 4.15. The van der Waals surface area contributed by atoms with Gasteiger partial charge in [-0.2, -0.15) is 0 Å². The number of carbonyl (C=O) groups is 1. The molecule has 0 unspecified atom stereocenters. The van der Waals surface area contributed by atoms with Gasteiger partial charge in [0.25, 0.3) is 0 Å². The highest BCUT2D eigenvalue weighted by Crippen LogP contribution is 2.39. The molecule has 1 aliphatic rings. The van der Waals surface area contributed by atoms with Gasteiger partial charge in [-0.05, 0) is 25.5 Å². The van der Waals surface area contributed by atoms with Crippen LogP contribution in [0.2, 0.25) is 0 Å². The molecule has 2 N–H and O–H groups in total. The lowest BCUT2D eigenvalue weighted by Crippen LogP contribution is -2.23. The predicted octanol–water partition coefficient (Wildman–Crippen LogP) is 4.34. The van der Waals surface area contributed by atoms with Crippen LogP contribution in [0.15, 0.2) is 41.1 Å². The number of Topliss-reactive ketones (excluding diaryl/α,β-unsaturated/α-hetero) is 1. The van der Waals surface area contributed by atoms with E-state index in [1.165, 1.54) is 37.6 Å². The number of benzene rings is 1. The maximum absolute atomic E-state index is 12.8. The lowest BCUT2D eigenvalue weighted by molar-refractivity contribution is 0.103. The molecule has 0 atom stereocenters. The van der Waals surface area contributed by atoms with Crippen molar-refractivity contribution in [2.45, 2.75) is 39.5 Å². The van der Waals surface area contributed by atoms with Crippen LogP contribution in [-0.2, 0) is 0 Å². The zero-order chi connectivity index (χ0) is 18.2. The van der Waals surface area contributed by atoms with Crippen LogP contribution in [0.4, 0.5) is 5.69 Å². The van der Waals surface area contributed by atoms with Crippen LogP contribution in [-0.4, -0.2) is 40.2 Å². The molecule has 0 fully saturated rings. The SMILES string of the molecule is CC=Nc1c(O)ccc(C(=O)C2=CN(CCCCCC)CC=C2)c1O. The first kappa shape index (κ1) is 18.8. The Kier molecular flexibility index (Phi) is 6.81. The molecule has 1 aromatic rings. The Morgan fingerprint density at radius 1 is 1.28 bits per heavy atom. The minimum atomic E-state index is -0.294. The van der Waals surface area contributed by atoms with Gasteiger partial charge < -0.3 is 15.1 Å². The monoisotopic (exact) mass is 342 g/mol. The van der Waals surface area contributed by atoms with Crippen LogP contribution < -0.4 is 0 Å². The standard InChI is InChI=1S/C20H26N2O3/c1-3-5-6-7-12-22-13-8-9-15(14-22)19(24)16-10-11-17(23)18(20(16)25)21-4-2/h4,8-11,14,23,25H,3,5-7,12-13H2,1-2H3. The smallest absolute Gasteiger partial charge is 0.198 e. The molecule has 25 heavy (non-hydrogen) atoms. The first-order valence-corrected chi connectivity index (χ1v) is 8.79. The molecule has 5 heteroatoms. The van der Waals surface area contributed by atoms with E-state index < -0.39 is 0 Å². The summed E-state index contributed by atoms with van der Waals surface area (Å²) >= 11 is 0. The van der Waals surface area contributed by atoms with E-state index in [1.54, 1.807) is 13.0 Å². The third-order valence-corrected chi connectivity index (χ3v) is 4.15. The number of nitrogens with zero attached hydrogens (tertiary/aromatic N) is 2. The van der Waals surface area contributed by atoms with Crippen molar-refractivity contribution in [3.8, 4) is 11.5 Å². The number of hydrogen-bond donors (Lipinski definition) is 2. The zero-order valence-corrected chi connectivity index (χ0v) is 14.9. The molecule has 134 valence electrons. The Morgan fingerprint density at radius 3 is 2.80 bits per heavy atom. The summed E-state index contributed by atoms with van der Waals surface area (Å²) in [6.07, 6.45) is 11.7. The second kappa shape index (κ2) is 9.06. The number of aliphatic imine (C=N–C) groups is 1. The van der Waals surface area contributed by atoms with Crippen LogP contribution in [0.25, 0.3) is 0 Å². The highest BCUT2D eigenvalue weighted by molar-refractivity contribution is 6.13. The summed E-state index contributed by atoms with van der Waals surface area (Å²) < 4.78 is 0. The number of hydrogen-bond acceptors (Lipinski definition) is 5. The molecule has 0 spiro atoms. The fraction of sp³-hybridized carbons (Fsp3) is 0.400. The van der Waals surface area contributed by atoms with Gasteiger partial charge in [0, 0.05) is 31.1 Å². The van der Waals surface area contributed by atoms with Crippen LogP contribution in [0.3, 0.4) is 0 Å². The van der Waals surface area contributed by atoms with E-state index >= 15 is 0 Å². The summed E-state index contributed by atoms with van der Waals surface area (Å²) in [5.41, 5.74) is 0.682. The Bertz CT molecular complexity index is 705. The molecule has 1 aliphatic heterocycles. The Labute approximate surface area is 149 Å². The van der Waals surface area contributed by atoms with E-state index in [2.05, 4.69) is 16.8 Å². The van der Waals surface area contributed by atoms with Crippen molar-refractivity contribution in [2.75, 3.05) is 13.1 Å². The number of rotatable bonds is 8. The quantitative estimate of drug-likeness (QED) is 0.419. The van der Waals surface area contributed by atoms with Gasteiger partial charge in [0.2, 0.25) is 0 Å². The first-order chi connectivity index (χ1) is 12.1. The fourth-order valence-electron chi connectivity index (χ4n) is 2.80. The minimum absolute atomic E-state index is 0.0187. The summed E-state index contributed by atoms with van der Waals surface area (Å²) in [5.74, 6) is -0.727. The van der Waals surface area contributed by atoms with Gasteiger partial charge in [-0.3, -0.25) is 9.79 Å². The van der Waals surface area contributed by atoms with E-state index in [1.807, 2.05) is 12.3 Å². The Balaban J connectivity index is 2.18. The van der Waals surface area contributed by atoms with E-state index in [0.29, 0.717) is 5.57 Å². The molecule has 0 aromatic heterocycles. The summed E-state index contributed by atoms with van der Waals surface area (Å²) in [7, 11) is 0. The maximum atomic E-state index is 12.8. The largest absolute Gasteiger partial charge is 0.506 e. The molecule has 1 aromatic carbocycles. The molecule has 0 aliphatic carbocycles. The van der Waals surface area contributed by atoms with Crippen LogP contribution in [0.5, 0.6) is 11.5 Å². The van der Waals surface area contributed by atoms with Crippen molar-refractivity contribution < 1.29 is 15.0 Å². The zero-order valence-electron chi connectivity index (χ0n) is 14.9. The lowest BCUT2D eigenvalue weighted by atomic mass is 10.00. The van der Waals surface area contributed by atoms with Crippen molar-refractivity contribution in [3.63, 3.8) is 0 Å². The van der Waals surface area contributed by atoms with Gasteiger partial charge in [-0.1, -0.05) is 38.3 Å². The van der Waals surface area contributed by atoms with Crippen LogP contribution >= 0.6 is 0 Å². The number of phenolic OH excluding ortho intramolecular Hbond substituents is 2. The van der Waals surface area contributed by atoms with Gasteiger partial charge in [-0.25, -0.2) is 0 Å². The van der Waals surface area contributed by atoms with Crippen molar-refractivity contribution in [3.05, 3.63) is 41.6 Å². The number of aromatic hydroxyl groups is 2. The first-order valence-electron chi connectivity index (χ1n) is 8.79. The molecule has 2 rings (SSSR count). The Hall–Kier alpha value is -2.56. The summed E-state index contributed by atoms with van der Waals surface area (Å²) in [6.45, 7) is 5.56. The number of allylic oxidation sites excluding steroid dienone is 2. The highest BCUT2D eigenvalue weighted by Gasteiger charge is 2.21.